The molecule has 1 unspecified atom stereocenters. The van der Waals surface area contributed by atoms with E-state index in [0.29, 0.717) is 6.42 Å². The number of hydrogen-bond donors (Lipinski definition) is 1. The zero-order chi connectivity index (χ0) is 7.56. The predicted octanol–water partition coefficient (Wildman–Crippen LogP) is -0.506. The van der Waals surface area contributed by atoms with E-state index in [4.69, 9.17) is 9.47 Å². The van der Waals surface area contributed by atoms with Gasteiger partial charge < -0.3 is 14.8 Å². The van der Waals surface area contributed by atoms with Gasteiger partial charge in [0.05, 0.1) is 12.5 Å². The maximum atomic E-state index is 10.6. The minimum Gasteiger partial charge on any atom is -0.434 e. The Morgan fingerprint density at radius 2 is 2.50 bits per heavy atom. The largest absolute Gasteiger partial charge is 0.434 e. The molecule has 0 spiro atoms. The number of hydrogen-bond acceptors (Lipinski definition) is 4. The molecule has 1 aliphatic rings. The lowest BCUT2D eigenvalue weighted by atomic mass is 10.2. The number of methoxy groups -OCH3 is 1. The van der Waals surface area contributed by atoms with Crippen LogP contribution in [-0.4, -0.2) is 32.5 Å². The topological polar surface area (TPSA) is 47.6 Å². The Morgan fingerprint density at radius 3 is 2.90 bits per heavy atom. The van der Waals surface area contributed by atoms with Crippen LogP contribution < -0.4 is 5.32 Å². The lowest BCUT2D eigenvalue weighted by molar-refractivity contribution is -0.159. The first kappa shape index (κ1) is 7.50. The third kappa shape index (κ3) is 1.27. The minimum absolute atomic E-state index is 0.0116. The molecule has 4 heteroatoms. The van der Waals surface area contributed by atoms with Crippen LogP contribution in [0.4, 0.5) is 0 Å². The molecule has 1 saturated heterocycles. The second kappa shape index (κ2) is 2.98. The Balaban J connectivity index is 2.48. The van der Waals surface area contributed by atoms with Gasteiger partial charge in [-0.05, 0) is 7.05 Å². The number of carbonyl (C=O) groups excluding carboxylic acids is 1. The van der Waals surface area contributed by atoms with Gasteiger partial charge in [-0.3, -0.25) is 4.79 Å². The molecule has 1 rings (SSSR count). The molecule has 58 valence electrons. The van der Waals surface area contributed by atoms with E-state index in [1.54, 1.807) is 7.05 Å². The lowest BCUT2D eigenvalue weighted by Crippen LogP contribution is -2.34. The number of carbonyl (C=O) groups is 1. The highest BCUT2D eigenvalue weighted by atomic mass is 16.7. The van der Waals surface area contributed by atoms with E-state index < -0.39 is 6.29 Å². The van der Waals surface area contributed by atoms with Crippen molar-refractivity contribution in [3.05, 3.63) is 0 Å². The molecule has 0 saturated carbocycles. The van der Waals surface area contributed by atoms with Crippen molar-refractivity contribution >= 4 is 5.97 Å². The van der Waals surface area contributed by atoms with Crippen LogP contribution in [0.3, 0.4) is 0 Å². The Kier molecular flexibility index (Phi) is 2.24. The smallest absolute Gasteiger partial charge is 0.309 e. The van der Waals surface area contributed by atoms with Crippen molar-refractivity contribution in [2.24, 2.45) is 0 Å². The molecular formula is C6H11NO3. The van der Waals surface area contributed by atoms with Crippen LogP contribution in [0, 0.1) is 0 Å². The molecule has 1 N–H and O–H groups in total. The number of esters is 1. The summed E-state index contributed by atoms with van der Waals surface area (Å²) in [6, 6.07) is 0.0116. The van der Waals surface area contributed by atoms with Gasteiger partial charge in [-0.15, -0.1) is 0 Å². The highest BCUT2D eigenvalue weighted by Crippen LogP contribution is 2.14. The first-order chi connectivity index (χ1) is 4.77. The van der Waals surface area contributed by atoms with E-state index in [2.05, 4.69) is 5.32 Å². The summed E-state index contributed by atoms with van der Waals surface area (Å²) in [6.07, 6.45) is -0.00727. The molecule has 2 atom stereocenters. The monoisotopic (exact) mass is 145 g/mol. The maximum absolute atomic E-state index is 10.6. The Bertz CT molecular complexity index is 123. The second-order valence-electron chi connectivity index (χ2n) is 2.19. The molecular weight excluding hydrogens is 134 g/mol. The molecule has 4 nitrogen and oxygen atoms in total. The SMILES string of the molecule is CN[C@H]1CC(=O)OC1OC. The van der Waals surface area contributed by atoms with Crippen molar-refractivity contribution in [2.45, 2.75) is 18.8 Å². The lowest BCUT2D eigenvalue weighted by Gasteiger charge is -2.13. The van der Waals surface area contributed by atoms with Crippen LogP contribution in [0.5, 0.6) is 0 Å². The van der Waals surface area contributed by atoms with Gasteiger partial charge in [-0.25, -0.2) is 0 Å². The van der Waals surface area contributed by atoms with Gasteiger partial charge in [0, 0.05) is 7.11 Å². The fourth-order valence-corrected chi connectivity index (χ4v) is 0.986. The summed E-state index contributed by atoms with van der Waals surface area (Å²) in [5.41, 5.74) is 0. The standard InChI is InChI=1S/C6H11NO3/c1-7-4-3-5(8)10-6(4)9-2/h4,6-7H,3H2,1-2H3/t4-,6?/m0/s1. The molecule has 1 fully saturated rings. The summed E-state index contributed by atoms with van der Waals surface area (Å²) < 4.78 is 9.67. The summed E-state index contributed by atoms with van der Waals surface area (Å²) in [5, 5.41) is 2.92. The average molecular weight is 145 g/mol. The van der Waals surface area contributed by atoms with E-state index in [9.17, 15) is 4.79 Å². The summed E-state index contributed by atoms with van der Waals surface area (Å²) in [4.78, 5) is 10.6. The molecule has 1 aliphatic heterocycles. The minimum atomic E-state index is -0.405. The number of nitrogens with one attached hydrogen (secondary N) is 1. The molecule has 0 aromatic heterocycles. The first-order valence-corrected chi connectivity index (χ1v) is 3.17. The van der Waals surface area contributed by atoms with E-state index in [0.717, 1.165) is 0 Å². The van der Waals surface area contributed by atoms with Crippen LogP contribution in [0.1, 0.15) is 6.42 Å². The highest BCUT2D eigenvalue weighted by Gasteiger charge is 2.33. The van der Waals surface area contributed by atoms with Gasteiger partial charge in [0.25, 0.3) is 0 Å². The molecule has 0 radical (unpaired) electrons. The van der Waals surface area contributed by atoms with Crippen molar-refractivity contribution in [1.29, 1.82) is 0 Å². The van der Waals surface area contributed by atoms with Crippen LogP contribution in [0.2, 0.25) is 0 Å². The molecule has 0 aromatic carbocycles. The Hall–Kier alpha value is -0.610. The highest BCUT2D eigenvalue weighted by molar-refractivity contribution is 5.72. The van der Waals surface area contributed by atoms with E-state index in [1.807, 2.05) is 0 Å². The van der Waals surface area contributed by atoms with Gasteiger partial charge in [0.15, 0.2) is 0 Å². The van der Waals surface area contributed by atoms with E-state index in [-0.39, 0.29) is 12.0 Å². The van der Waals surface area contributed by atoms with Crippen LogP contribution in [0.25, 0.3) is 0 Å². The number of ether oxygens (including phenoxy) is 2. The number of likely N-dealkylation sites (N-methyl/N-ethyl adjacent to an activating group) is 1. The number of cyclic esters (lactones) is 1. The molecule has 0 aliphatic carbocycles. The third-order valence-electron chi connectivity index (χ3n) is 1.57. The van der Waals surface area contributed by atoms with Crippen molar-refractivity contribution in [1.82, 2.24) is 5.32 Å². The summed E-state index contributed by atoms with van der Waals surface area (Å²) in [6.45, 7) is 0. The van der Waals surface area contributed by atoms with Gasteiger partial charge in [-0.2, -0.15) is 0 Å². The molecule has 10 heavy (non-hydrogen) atoms. The van der Waals surface area contributed by atoms with Crippen molar-refractivity contribution in [2.75, 3.05) is 14.2 Å². The van der Waals surface area contributed by atoms with Crippen molar-refractivity contribution in [3.8, 4) is 0 Å². The van der Waals surface area contributed by atoms with Gasteiger partial charge in [0.1, 0.15) is 0 Å². The molecule has 0 bridgehead atoms. The van der Waals surface area contributed by atoms with Gasteiger partial charge in [-0.1, -0.05) is 0 Å². The van der Waals surface area contributed by atoms with Gasteiger partial charge in [0.2, 0.25) is 6.29 Å². The van der Waals surface area contributed by atoms with E-state index in [1.165, 1.54) is 7.11 Å². The molecule has 1 heterocycles. The number of rotatable bonds is 2. The van der Waals surface area contributed by atoms with Crippen molar-refractivity contribution < 1.29 is 14.3 Å². The third-order valence-corrected chi connectivity index (χ3v) is 1.57. The quantitative estimate of drug-likeness (QED) is 0.532. The normalized spacial score (nSPS) is 32.4. The maximum Gasteiger partial charge on any atom is 0.309 e. The second-order valence-corrected chi connectivity index (χ2v) is 2.19. The Labute approximate surface area is 59.5 Å². The fraction of sp³-hybridized carbons (Fsp3) is 0.833. The van der Waals surface area contributed by atoms with Crippen molar-refractivity contribution in [3.63, 3.8) is 0 Å². The summed E-state index contributed by atoms with van der Waals surface area (Å²) in [5.74, 6) is -0.203. The first-order valence-electron chi connectivity index (χ1n) is 3.17. The molecule has 0 amide bonds. The van der Waals surface area contributed by atoms with E-state index >= 15 is 0 Å². The average Bonchev–Trinajstić information content (AvgIpc) is 2.30. The van der Waals surface area contributed by atoms with Crippen LogP contribution in [-0.2, 0) is 14.3 Å². The Morgan fingerprint density at radius 1 is 1.80 bits per heavy atom. The fourth-order valence-electron chi connectivity index (χ4n) is 0.986. The van der Waals surface area contributed by atoms with Crippen LogP contribution >= 0.6 is 0 Å². The van der Waals surface area contributed by atoms with Crippen LogP contribution in [0.15, 0.2) is 0 Å². The zero-order valence-corrected chi connectivity index (χ0v) is 6.09. The summed E-state index contributed by atoms with van der Waals surface area (Å²) in [7, 11) is 3.30. The van der Waals surface area contributed by atoms with Gasteiger partial charge >= 0.3 is 5.97 Å². The predicted molar refractivity (Wildman–Crippen MR) is 34.4 cm³/mol. The zero-order valence-electron chi connectivity index (χ0n) is 6.09. The summed E-state index contributed by atoms with van der Waals surface area (Å²) >= 11 is 0. The molecule has 0 aromatic rings.